The summed E-state index contributed by atoms with van der Waals surface area (Å²) < 4.78 is 1.40. The molecule has 0 aromatic rings. The molecule has 0 spiro atoms. The molecule has 0 bridgehead atoms. The van der Waals surface area contributed by atoms with Gasteiger partial charge in [0.15, 0.2) is 0 Å². The lowest BCUT2D eigenvalue weighted by Crippen LogP contribution is -2.09. The van der Waals surface area contributed by atoms with Crippen LogP contribution in [0.4, 0.5) is 0 Å². The van der Waals surface area contributed by atoms with Crippen LogP contribution in [0.25, 0.3) is 0 Å². The van der Waals surface area contributed by atoms with Gasteiger partial charge in [0.25, 0.3) is 0 Å². The fourth-order valence-electron chi connectivity index (χ4n) is 2.54. The molecule has 0 rings (SSSR count). The van der Waals surface area contributed by atoms with E-state index in [2.05, 4.69) is 43.6 Å². The van der Waals surface area contributed by atoms with Crippen LogP contribution < -0.4 is 5.73 Å². The van der Waals surface area contributed by atoms with Gasteiger partial charge in [-0.25, -0.2) is 0 Å². The van der Waals surface area contributed by atoms with E-state index in [-0.39, 0.29) is 0 Å². The highest BCUT2D eigenvalue weighted by molar-refractivity contribution is 9.11. The summed E-state index contributed by atoms with van der Waals surface area (Å²) in [7, 11) is 0. The SMILES string of the molecule is CCC/C(Br)=C(CCC)/C(CCC)=C(\CN)CCC. The molecular formula is C17H32BrN. The van der Waals surface area contributed by atoms with Gasteiger partial charge in [-0.1, -0.05) is 74.9 Å². The Hall–Kier alpha value is -0.0800. The first-order valence-corrected chi connectivity index (χ1v) is 8.74. The number of allylic oxidation sites excluding steroid dienone is 3. The molecule has 1 nitrogen and oxygen atoms in total. The highest BCUT2D eigenvalue weighted by Gasteiger charge is 2.13. The van der Waals surface area contributed by atoms with Gasteiger partial charge in [-0.2, -0.15) is 0 Å². The summed E-state index contributed by atoms with van der Waals surface area (Å²) in [6.07, 6.45) is 9.40. The smallest absolute Gasteiger partial charge is 0.0142 e. The molecule has 0 aliphatic carbocycles. The minimum atomic E-state index is 0.711. The van der Waals surface area contributed by atoms with Crippen molar-refractivity contribution in [2.45, 2.75) is 79.1 Å². The second-order valence-corrected chi connectivity index (χ2v) is 6.13. The van der Waals surface area contributed by atoms with Crippen molar-refractivity contribution < 1.29 is 0 Å². The van der Waals surface area contributed by atoms with Gasteiger partial charge in [-0.3, -0.25) is 0 Å². The quantitative estimate of drug-likeness (QED) is 0.482. The zero-order valence-corrected chi connectivity index (χ0v) is 14.9. The van der Waals surface area contributed by atoms with Crippen molar-refractivity contribution in [2.24, 2.45) is 5.73 Å². The van der Waals surface area contributed by atoms with Gasteiger partial charge < -0.3 is 5.73 Å². The lowest BCUT2D eigenvalue weighted by Gasteiger charge is -2.19. The molecule has 0 amide bonds. The van der Waals surface area contributed by atoms with E-state index in [4.69, 9.17) is 5.73 Å². The van der Waals surface area contributed by atoms with Crippen LogP contribution in [0.15, 0.2) is 21.2 Å². The first kappa shape index (κ1) is 18.9. The highest BCUT2D eigenvalue weighted by atomic mass is 79.9. The maximum Gasteiger partial charge on any atom is 0.0142 e. The summed E-state index contributed by atoms with van der Waals surface area (Å²) in [6.45, 7) is 9.71. The lowest BCUT2D eigenvalue weighted by molar-refractivity contribution is 0.788. The molecular weight excluding hydrogens is 298 g/mol. The lowest BCUT2D eigenvalue weighted by atomic mass is 9.90. The van der Waals surface area contributed by atoms with Gasteiger partial charge in [0.2, 0.25) is 0 Å². The predicted octanol–water partition coefficient (Wildman–Crippen LogP) is 6.09. The van der Waals surface area contributed by atoms with Crippen LogP contribution in [-0.4, -0.2) is 6.54 Å². The molecule has 0 fully saturated rings. The van der Waals surface area contributed by atoms with Crippen molar-refractivity contribution in [1.82, 2.24) is 0 Å². The molecule has 2 heteroatoms. The monoisotopic (exact) mass is 329 g/mol. The third-order valence-corrected chi connectivity index (χ3v) is 4.26. The minimum Gasteiger partial charge on any atom is -0.327 e. The normalized spacial score (nSPS) is 14.2. The van der Waals surface area contributed by atoms with Gasteiger partial charge in [-0.15, -0.1) is 0 Å². The molecule has 0 aromatic carbocycles. The molecule has 0 aromatic heterocycles. The van der Waals surface area contributed by atoms with Gasteiger partial charge in [-0.05, 0) is 41.3 Å². The molecule has 0 saturated carbocycles. The Morgan fingerprint density at radius 2 is 1.21 bits per heavy atom. The Labute approximate surface area is 128 Å². The van der Waals surface area contributed by atoms with Gasteiger partial charge in [0, 0.05) is 6.54 Å². The van der Waals surface area contributed by atoms with Crippen molar-refractivity contribution in [3.05, 3.63) is 21.2 Å². The van der Waals surface area contributed by atoms with Crippen molar-refractivity contribution >= 4 is 15.9 Å². The van der Waals surface area contributed by atoms with Gasteiger partial charge in [0.1, 0.15) is 0 Å². The molecule has 0 radical (unpaired) electrons. The first-order chi connectivity index (χ1) is 9.15. The van der Waals surface area contributed by atoms with Gasteiger partial charge >= 0.3 is 0 Å². The van der Waals surface area contributed by atoms with Crippen LogP contribution in [0.5, 0.6) is 0 Å². The fraction of sp³-hybridized carbons (Fsp3) is 0.765. The zero-order chi connectivity index (χ0) is 14.7. The maximum atomic E-state index is 6.00. The number of nitrogens with two attached hydrogens (primary N) is 1. The van der Waals surface area contributed by atoms with E-state index in [1.54, 1.807) is 11.1 Å². The topological polar surface area (TPSA) is 26.0 Å². The third-order valence-electron chi connectivity index (χ3n) is 3.39. The van der Waals surface area contributed by atoms with E-state index in [1.807, 2.05) is 0 Å². The summed E-state index contributed by atoms with van der Waals surface area (Å²) in [5, 5.41) is 0. The molecule has 2 N–H and O–H groups in total. The Morgan fingerprint density at radius 3 is 1.63 bits per heavy atom. The molecule has 19 heavy (non-hydrogen) atoms. The van der Waals surface area contributed by atoms with E-state index >= 15 is 0 Å². The van der Waals surface area contributed by atoms with Crippen molar-refractivity contribution in [3.8, 4) is 0 Å². The van der Waals surface area contributed by atoms with Crippen LogP contribution in [0.1, 0.15) is 79.1 Å². The second-order valence-electron chi connectivity index (χ2n) is 5.17. The molecule has 0 unspecified atom stereocenters. The fourth-order valence-corrected chi connectivity index (χ4v) is 3.37. The standard InChI is InChI=1S/C17H32BrN/c1-5-9-14(13-19)15(10-6-2)16(11-7-3)17(18)12-8-4/h5-13,19H2,1-4H3/b15-14-,17-16-. The average Bonchev–Trinajstić information content (AvgIpc) is 2.40. The molecule has 112 valence electrons. The number of hydrogen-bond donors (Lipinski definition) is 1. The summed E-state index contributed by atoms with van der Waals surface area (Å²) in [5.74, 6) is 0. The van der Waals surface area contributed by atoms with E-state index in [9.17, 15) is 0 Å². The largest absolute Gasteiger partial charge is 0.327 e. The summed E-state index contributed by atoms with van der Waals surface area (Å²) >= 11 is 3.83. The maximum absolute atomic E-state index is 6.00. The van der Waals surface area contributed by atoms with Crippen LogP contribution >= 0.6 is 15.9 Å². The first-order valence-electron chi connectivity index (χ1n) is 7.94. The van der Waals surface area contributed by atoms with Crippen LogP contribution in [-0.2, 0) is 0 Å². The van der Waals surface area contributed by atoms with Crippen LogP contribution in [0.3, 0.4) is 0 Å². The van der Waals surface area contributed by atoms with Crippen molar-refractivity contribution in [3.63, 3.8) is 0 Å². The minimum absolute atomic E-state index is 0.711. The molecule has 0 atom stereocenters. The van der Waals surface area contributed by atoms with Crippen LogP contribution in [0, 0.1) is 0 Å². The van der Waals surface area contributed by atoms with Crippen LogP contribution in [0.2, 0.25) is 0 Å². The van der Waals surface area contributed by atoms with E-state index in [0.29, 0.717) is 6.54 Å². The second kappa shape index (κ2) is 11.7. The molecule has 0 saturated heterocycles. The molecule has 0 heterocycles. The molecule has 0 aliphatic heterocycles. The summed E-state index contributed by atoms with van der Waals surface area (Å²) in [4.78, 5) is 0. The highest BCUT2D eigenvalue weighted by Crippen LogP contribution is 2.32. The summed E-state index contributed by atoms with van der Waals surface area (Å²) in [5.41, 5.74) is 10.6. The zero-order valence-electron chi connectivity index (χ0n) is 13.3. The van der Waals surface area contributed by atoms with E-state index in [0.717, 1.165) is 12.8 Å². The number of hydrogen-bond acceptors (Lipinski definition) is 1. The van der Waals surface area contributed by atoms with E-state index < -0.39 is 0 Å². The Bertz CT molecular complexity index is 302. The predicted molar refractivity (Wildman–Crippen MR) is 91.7 cm³/mol. The third kappa shape index (κ3) is 6.76. The average molecular weight is 330 g/mol. The number of rotatable bonds is 10. The van der Waals surface area contributed by atoms with Crippen molar-refractivity contribution in [1.29, 1.82) is 0 Å². The number of halogens is 1. The summed E-state index contributed by atoms with van der Waals surface area (Å²) in [6, 6.07) is 0. The Morgan fingerprint density at radius 1 is 0.737 bits per heavy atom. The van der Waals surface area contributed by atoms with Gasteiger partial charge in [0.05, 0.1) is 0 Å². The van der Waals surface area contributed by atoms with E-state index in [1.165, 1.54) is 48.6 Å². The Balaban J connectivity index is 5.55. The molecule has 0 aliphatic rings. The Kier molecular flexibility index (Phi) is 11.7. The van der Waals surface area contributed by atoms with Crippen molar-refractivity contribution in [2.75, 3.05) is 6.54 Å².